The molecule has 0 radical (unpaired) electrons. The van der Waals surface area contributed by atoms with Crippen molar-refractivity contribution in [2.75, 3.05) is 11.9 Å². The predicted molar refractivity (Wildman–Crippen MR) is 118 cm³/mol. The number of aromatic nitrogens is 2. The lowest BCUT2D eigenvalue weighted by Gasteiger charge is -2.09. The number of thiazole rings is 1. The van der Waals surface area contributed by atoms with E-state index < -0.39 is 0 Å². The Morgan fingerprint density at radius 1 is 1.14 bits per heavy atom. The average molecular weight is 404 g/mol. The largest absolute Gasteiger partial charge is 0.493 e. The molecular formula is C23H21N3O2S. The molecule has 4 aromatic rings. The predicted octanol–water partition coefficient (Wildman–Crippen LogP) is 5.25. The van der Waals surface area contributed by atoms with Gasteiger partial charge in [-0.1, -0.05) is 18.2 Å². The Morgan fingerprint density at radius 3 is 2.86 bits per heavy atom. The van der Waals surface area contributed by atoms with Gasteiger partial charge in [-0.2, -0.15) is 0 Å². The van der Waals surface area contributed by atoms with Crippen molar-refractivity contribution in [1.29, 1.82) is 0 Å². The van der Waals surface area contributed by atoms with Crippen LogP contribution in [-0.4, -0.2) is 22.5 Å². The summed E-state index contributed by atoms with van der Waals surface area (Å²) in [5.41, 5.74) is 4.43. The lowest BCUT2D eigenvalue weighted by atomic mass is 10.1. The van der Waals surface area contributed by atoms with E-state index in [2.05, 4.69) is 15.3 Å². The van der Waals surface area contributed by atoms with Gasteiger partial charge in [0.25, 0.3) is 0 Å². The molecule has 0 saturated carbocycles. The first kappa shape index (κ1) is 19.1. The molecule has 0 atom stereocenters. The van der Waals surface area contributed by atoms with Crippen LogP contribution >= 0.6 is 11.3 Å². The van der Waals surface area contributed by atoms with E-state index in [1.807, 2.05) is 67.8 Å². The van der Waals surface area contributed by atoms with Gasteiger partial charge in [-0.05, 0) is 49.7 Å². The highest BCUT2D eigenvalue weighted by Gasteiger charge is 2.13. The van der Waals surface area contributed by atoms with Crippen LogP contribution < -0.4 is 10.1 Å². The average Bonchev–Trinajstić information content (AvgIpc) is 3.19. The third-order valence-corrected chi connectivity index (χ3v) is 5.48. The Kier molecular flexibility index (Phi) is 5.53. The number of aryl methyl sites for hydroxylation is 1. The third kappa shape index (κ3) is 4.12. The summed E-state index contributed by atoms with van der Waals surface area (Å²) in [5, 5.41) is 6.71. The Hall–Kier alpha value is -3.25. The van der Waals surface area contributed by atoms with Gasteiger partial charge in [0.15, 0.2) is 0 Å². The minimum absolute atomic E-state index is 0.103. The third-order valence-electron chi connectivity index (χ3n) is 4.56. The quantitative estimate of drug-likeness (QED) is 0.478. The summed E-state index contributed by atoms with van der Waals surface area (Å²) < 4.78 is 5.69. The number of carbonyl (C=O) groups is 1. The monoisotopic (exact) mass is 403 g/mol. The molecule has 0 saturated heterocycles. The Bertz CT molecular complexity index is 1170. The zero-order chi connectivity index (χ0) is 20.2. The number of fused-ring (bicyclic) bond motifs is 1. The van der Waals surface area contributed by atoms with E-state index in [1.54, 1.807) is 6.20 Å². The van der Waals surface area contributed by atoms with Gasteiger partial charge >= 0.3 is 0 Å². The minimum Gasteiger partial charge on any atom is -0.493 e. The van der Waals surface area contributed by atoms with Crippen molar-refractivity contribution in [1.82, 2.24) is 9.97 Å². The first-order valence-corrected chi connectivity index (χ1v) is 10.3. The molecule has 2 aromatic carbocycles. The zero-order valence-corrected chi connectivity index (χ0v) is 17.1. The van der Waals surface area contributed by atoms with Crippen LogP contribution in [0.1, 0.15) is 18.2 Å². The molecule has 0 unspecified atom stereocenters. The standard InChI is InChI=1S/C23H21N3O2S/c1-3-28-20-9-5-4-7-18(20)23-25-16(14-29-23)13-21(27)26-19-11-10-15(2)22-17(19)8-6-12-24-22/h4-12,14H,3,13H2,1-2H3,(H,26,27). The van der Waals surface area contributed by atoms with Crippen molar-refractivity contribution >= 4 is 33.8 Å². The van der Waals surface area contributed by atoms with E-state index in [0.717, 1.165) is 44.2 Å². The SMILES string of the molecule is CCOc1ccccc1-c1nc(CC(=O)Nc2ccc(C)c3ncccc23)cs1. The Labute approximate surface area is 173 Å². The number of carbonyl (C=O) groups excluding carboxylic acids is 1. The van der Waals surface area contributed by atoms with Gasteiger partial charge in [0.1, 0.15) is 10.8 Å². The smallest absolute Gasteiger partial charge is 0.230 e. The summed E-state index contributed by atoms with van der Waals surface area (Å²) in [6.07, 6.45) is 1.97. The highest BCUT2D eigenvalue weighted by molar-refractivity contribution is 7.13. The van der Waals surface area contributed by atoms with Gasteiger partial charge in [0.05, 0.1) is 35.5 Å². The maximum absolute atomic E-state index is 12.6. The second kappa shape index (κ2) is 8.41. The lowest BCUT2D eigenvalue weighted by molar-refractivity contribution is -0.115. The molecule has 0 bridgehead atoms. The molecule has 0 spiro atoms. The number of ether oxygens (including phenoxy) is 1. The molecule has 29 heavy (non-hydrogen) atoms. The molecule has 1 amide bonds. The lowest BCUT2D eigenvalue weighted by Crippen LogP contribution is -2.15. The molecule has 5 nitrogen and oxygen atoms in total. The van der Waals surface area contributed by atoms with Gasteiger partial charge in [-0.3, -0.25) is 9.78 Å². The van der Waals surface area contributed by atoms with E-state index in [1.165, 1.54) is 11.3 Å². The maximum atomic E-state index is 12.6. The first-order valence-electron chi connectivity index (χ1n) is 9.46. The fourth-order valence-corrected chi connectivity index (χ4v) is 4.07. The highest BCUT2D eigenvalue weighted by Crippen LogP contribution is 2.32. The second-order valence-electron chi connectivity index (χ2n) is 6.63. The highest BCUT2D eigenvalue weighted by atomic mass is 32.1. The van der Waals surface area contributed by atoms with Crippen molar-refractivity contribution < 1.29 is 9.53 Å². The number of anilines is 1. The summed E-state index contributed by atoms with van der Waals surface area (Å²) >= 11 is 1.51. The molecule has 6 heteroatoms. The number of rotatable bonds is 6. The van der Waals surface area contributed by atoms with Crippen LogP contribution in [0.3, 0.4) is 0 Å². The van der Waals surface area contributed by atoms with Gasteiger partial charge in [0.2, 0.25) is 5.91 Å². The normalized spacial score (nSPS) is 10.8. The van der Waals surface area contributed by atoms with Crippen LogP contribution in [0.5, 0.6) is 5.75 Å². The minimum atomic E-state index is -0.103. The summed E-state index contributed by atoms with van der Waals surface area (Å²) in [5.74, 6) is 0.702. The molecule has 2 heterocycles. The number of amides is 1. The molecule has 0 aliphatic carbocycles. The van der Waals surface area contributed by atoms with E-state index in [9.17, 15) is 4.79 Å². The number of benzene rings is 2. The fourth-order valence-electron chi connectivity index (χ4n) is 3.22. The van der Waals surface area contributed by atoms with E-state index >= 15 is 0 Å². The number of nitrogens with one attached hydrogen (secondary N) is 1. The summed E-state index contributed by atoms with van der Waals surface area (Å²) in [6, 6.07) is 15.6. The van der Waals surface area contributed by atoms with E-state index in [4.69, 9.17) is 4.74 Å². The summed E-state index contributed by atoms with van der Waals surface area (Å²) in [6.45, 7) is 4.56. The fraction of sp³-hybridized carbons (Fsp3) is 0.174. The van der Waals surface area contributed by atoms with Crippen LogP contribution in [0.25, 0.3) is 21.5 Å². The summed E-state index contributed by atoms with van der Waals surface area (Å²) in [7, 11) is 0. The number of para-hydroxylation sites is 1. The molecule has 0 fully saturated rings. The molecule has 2 aromatic heterocycles. The van der Waals surface area contributed by atoms with E-state index in [-0.39, 0.29) is 12.3 Å². The molecule has 0 aliphatic rings. The molecular weight excluding hydrogens is 382 g/mol. The van der Waals surface area contributed by atoms with Crippen LogP contribution in [0.15, 0.2) is 60.1 Å². The van der Waals surface area contributed by atoms with Crippen molar-refractivity contribution in [3.8, 4) is 16.3 Å². The van der Waals surface area contributed by atoms with Crippen molar-refractivity contribution in [3.63, 3.8) is 0 Å². The van der Waals surface area contributed by atoms with Crippen LogP contribution in [-0.2, 0) is 11.2 Å². The number of hydrogen-bond acceptors (Lipinski definition) is 5. The number of nitrogens with zero attached hydrogens (tertiary/aromatic N) is 2. The molecule has 146 valence electrons. The molecule has 1 N–H and O–H groups in total. The number of hydrogen-bond donors (Lipinski definition) is 1. The molecule has 0 aliphatic heterocycles. The van der Waals surface area contributed by atoms with Crippen molar-refractivity contribution in [2.24, 2.45) is 0 Å². The first-order chi connectivity index (χ1) is 14.2. The van der Waals surface area contributed by atoms with Crippen LogP contribution in [0, 0.1) is 6.92 Å². The Morgan fingerprint density at radius 2 is 2.00 bits per heavy atom. The van der Waals surface area contributed by atoms with E-state index in [0.29, 0.717) is 6.61 Å². The van der Waals surface area contributed by atoms with Crippen molar-refractivity contribution in [2.45, 2.75) is 20.3 Å². The second-order valence-corrected chi connectivity index (χ2v) is 7.49. The van der Waals surface area contributed by atoms with Gasteiger partial charge in [-0.15, -0.1) is 11.3 Å². The van der Waals surface area contributed by atoms with Crippen molar-refractivity contribution in [3.05, 3.63) is 71.4 Å². The number of pyridine rings is 1. The maximum Gasteiger partial charge on any atom is 0.230 e. The topological polar surface area (TPSA) is 64.1 Å². The molecule has 4 rings (SSSR count). The Balaban J connectivity index is 1.52. The van der Waals surface area contributed by atoms with Crippen LogP contribution in [0.4, 0.5) is 5.69 Å². The van der Waals surface area contributed by atoms with Crippen LogP contribution in [0.2, 0.25) is 0 Å². The summed E-state index contributed by atoms with van der Waals surface area (Å²) in [4.78, 5) is 21.7. The van der Waals surface area contributed by atoms with Gasteiger partial charge in [-0.25, -0.2) is 4.98 Å². The van der Waals surface area contributed by atoms with Gasteiger partial charge in [0, 0.05) is 17.0 Å². The zero-order valence-electron chi connectivity index (χ0n) is 16.3. The van der Waals surface area contributed by atoms with Gasteiger partial charge < -0.3 is 10.1 Å².